The molecule has 23 heavy (non-hydrogen) atoms. The van der Waals surface area contributed by atoms with Crippen LogP contribution in [0.15, 0.2) is 65.5 Å². The lowest BCUT2D eigenvalue weighted by atomic mass is 10.1. The van der Waals surface area contributed by atoms with Gasteiger partial charge >= 0.3 is 5.97 Å². The fourth-order valence-corrected chi connectivity index (χ4v) is 2.67. The van der Waals surface area contributed by atoms with Gasteiger partial charge in [0.2, 0.25) is 0 Å². The first-order chi connectivity index (χ1) is 11.1. The molecule has 0 N–H and O–H groups in total. The Morgan fingerprint density at radius 3 is 2.09 bits per heavy atom. The topological polar surface area (TPSA) is 48.3 Å². The quantitative estimate of drug-likeness (QED) is 0.422. The molecular formula is C19H17NO3. The summed E-state index contributed by atoms with van der Waals surface area (Å²) in [6.07, 6.45) is 0. The molecule has 0 aliphatic heterocycles. The van der Waals surface area contributed by atoms with Gasteiger partial charge in [-0.2, -0.15) is 0 Å². The maximum atomic E-state index is 12.6. The highest BCUT2D eigenvalue weighted by molar-refractivity contribution is 5.93. The van der Waals surface area contributed by atoms with Crippen LogP contribution in [0.5, 0.6) is 0 Å². The fraction of sp³-hybridized carbons (Fsp3) is 0.158. The van der Waals surface area contributed by atoms with Gasteiger partial charge in [0.15, 0.2) is 5.43 Å². The van der Waals surface area contributed by atoms with E-state index in [4.69, 9.17) is 4.74 Å². The van der Waals surface area contributed by atoms with Crippen molar-refractivity contribution in [2.24, 2.45) is 0 Å². The monoisotopic (exact) mass is 307 g/mol. The van der Waals surface area contributed by atoms with Gasteiger partial charge in [-0.1, -0.05) is 30.8 Å². The highest BCUT2D eigenvalue weighted by Gasteiger charge is 2.10. The molecule has 0 amide bonds. The number of carbonyl (C=O) groups excluding carboxylic acids is 1. The molecule has 0 atom stereocenters. The molecule has 4 nitrogen and oxygen atoms in total. The Labute approximate surface area is 133 Å². The second kappa shape index (κ2) is 6.08. The molecular weight excluding hydrogens is 290 g/mol. The Bertz CT molecular complexity index is 909. The van der Waals surface area contributed by atoms with Gasteiger partial charge in [0.25, 0.3) is 0 Å². The van der Waals surface area contributed by atoms with Crippen LogP contribution in [0.25, 0.3) is 21.8 Å². The minimum absolute atomic E-state index is 0.0198. The maximum absolute atomic E-state index is 12.6. The van der Waals surface area contributed by atoms with Crippen molar-refractivity contribution in [3.05, 3.63) is 70.9 Å². The third-order valence-corrected chi connectivity index (χ3v) is 3.78. The number of ether oxygens (including phenoxy) is 1. The third kappa shape index (κ3) is 2.75. The molecule has 0 unspecified atom stereocenters. The lowest BCUT2D eigenvalue weighted by molar-refractivity contribution is -0.139. The molecule has 4 heteroatoms. The summed E-state index contributed by atoms with van der Waals surface area (Å²) >= 11 is 0. The van der Waals surface area contributed by atoms with E-state index in [1.165, 1.54) is 0 Å². The maximum Gasteiger partial charge on any atom is 0.333 e. The van der Waals surface area contributed by atoms with Gasteiger partial charge in [0.1, 0.15) is 6.61 Å². The zero-order chi connectivity index (χ0) is 16.4. The normalized spacial score (nSPS) is 10.8. The summed E-state index contributed by atoms with van der Waals surface area (Å²) < 4.78 is 7.21. The van der Waals surface area contributed by atoms with E-state index in [1.807, 2.05) is 53.1 Å². The number of nitrogens with zero attached hydrogens (tertiary/aromatic N) is 1. The van der Waals surface area contributed by atoms with Crippen molar-refractivity contribution in [2.75, 3.05) is 6.61 Å². The molecule has 0 saturated heterocycles. The molecule has 1 heterocycles. The Hall–Kier alpha value is -2.88. The molecule has 0 bridgehead atoms. The molecule has 0 spiro atoms. The molecule has 1 aromatic heterocycles. The van der Waals surface area contributed by atoms with Crippen molar-refractivity contribution < 1.29 is 9.53 Å². The van der Waals surface area contributed by atoms with E-state index in [1.54, 1.807) is 6.92 Å². The van der Waals surface area contributed by atoms with Crippen molar-refractivity contribution in [2.45, 2.75) is 13.5 Å². The summed E-state index contributed by atoms with van der Waals surface area (Å²) in [5.41, 5.74) is 2.07. The van der Waals surface area contributed by atoms with E-state index < -0.39 is 5.97 Å². The van der Waals surface area contributed by atoms with Crippen molar-refractivity contribution in [3.8, 4) is 0 Å². The summed E-state index contributed by atoms with van der Waals surface area (Å²) in [5, 5.41) is 1.33. The van der Waals surface area contributed by atoms with Crippen LogP contribution in [-0.4, -0.2) is 17.1 Å². The van der Waals surface area contributed by atoms with E-state index in [9.17, 15) is 9.59 Å². The summed E-state index contributed by atoms with van der Waals surface area (Å²) in [6.45, 7) is 5.88. The molecule has 3 aromatic rings. The van der Waals surface area contributed by atoms with Crippen LogP contribution >= 0.6 is 0 Å². The smallest absolute Gasteiger partial charge is 0.333 e. The van der Waals surface area contributed by atoms with Crippen molar-refractivity contribution in [3.63, 3.8) is 0 Å². The summed E-state index contributed by atoms with van der Waals surface area (Å²) in [7, 11) is 0. The van der Waals surface area contributed by atoms with Crippen LogP contribution < -0.4 is 5.43 Å². The number of para-hydroxylation sites is 2. The second-order valence-corrected chi connectivity index (χ2v) is 5.43. The predicted octanol–water partition coefficient (Wildman–Crippen LogP) is 3.27. The zero-order valence-electron chi connectivity index (χ0n) is 12.9. The number of hydrogen-bond donors (Lipinski definition) is 0. The van der Waals surface area contributed by atoms with Gasteiger partial charge in [-0.25, -0.2) is 4.79 Å². The van der Waals surface area contributed by atoms with Crippen molar-refractivity contribution in [1.82, 2.24) is 4.57 Å². The average molecular weight is 307 g/mol. The number of pyridine rings is 1. The Kier molecular flexibility index (Phi) is 3.98. The van der Waals surface area contributed by atoms with Gasteiger partial charge < -0.3 is 9.30 Å². The number of fused-ring (bicyclic) bond motifs is 2. The highest BCUT2D eigenvalue weighted by atomic mass is 16.5. The largest absolute Gasteiger partial charge is 0.460 e. The number of carbonyl (C=O) groups is 1. The molecule has 3 rings (SSSR count). The van der Waals surface area contributed by atoms with Gasteiger partial charge in [-0.15, -0.1) is 0 Å². The lowest BCUT2D eigenvalue weighted by Crippen LogP contribution is -2.16. The molecule has 116 valence electrons. The van der Waals surface area contributed by atoms with E-state index in [0.717, 1.165) is 11.0 Å². The Balaban J connectivity index is 2.10. The molecule has 0 aliphatic carbocycles. The predicted molar refractivity (Wildman–Crippen MR) is 91.5 cm³/mol. The van der Waals surface area contributed by atoms with Crippen LogP contribution in [0.1, 0.15) is 6.92 Å². The number of rotatable bonds is 4. The van der Waals surface area contributed by atoms with E-state index in [0.29, 0.717) is 22.9 Å². The first-order valence-electron chi connectivity index (χ1n) is 7.42. The molecule has 0 saturated carbocycles. The fourth-order valence-electron chi connectivity index (χ4n) is 2.67. The highest BCUT2D eigenvalue weighted by Crippen LogP contribution is 2.19. The molecule has 0 radical (unpaired) electrons. The summed E-state index contributed by atoms with van der Waals surface area (Å²) in [4.78, 5) is 24.1. The number of benzene rings is 2. The minimum atomic E-state index is -0.403. The SMILES string of the molecule is C=C(C)C(=O)OCCn1c2ccccc2c(=O)c2ccccc21. The van der Waals surface area contributed by atoms with Gasteiger partial charge in [0, 0.05) is 16.3 Å². The zero-order valence-corrected chi connectivity index (χ0v) is 12.9. The third-order valence-electron chi connectivity index (χ3n) is 3.78. The number of aromatic nitrogens is 1. The number of hydrogen-bond acceptors (Lipinski definition) is 3. The van der Waals surface area contributed by atoms with Gasteiger partial charge in [-0.05, 0) is 31.2 Å². The Morgan fingerprint density at radius 1 is 1.04 bits per heavy atom. The van der Waals surface area contributed by atoms with Crippen LogP contribution in [0.2, 0.25) is 0 Å². The summed E-state index contributed by atoms with van der Waals surface area (Å²) in [5.74, 6) is -0.403. The molecule has 0 aliphatic rings. The van der Waals surface area contributed by atoms with Crippen molar-refractivity contribution >= 4 is 27.8 Å². The van der Waals surface area contributed by atoms with Gasteiger partial charge in [-0.3, -0.25) is 4.79 Å². The second-order valence-electron chi connectivity index (χ2n) is 5.43. The van der Waals surface area contributed by atoms with E-state index >= 15 is 0 Å². The summed E-state index contributed by atoms with van der Waals surface area (Å²) in [6, 6.07) is 14.9. The van der Waals surface area contributed by atoms with Crippen LogP contribution in [0, 0.1) is 0 Å². The van der Waals surface area contributed by atoms with Crippen LogP contribution in [0.4, 0.5) is 0 Å². The average Bonchev–Trinajstić information content (AvgIpc) is 2.57. The first kappa shape index (κ1) is 15.0. The standard InChI is InChI=1S/C19H17NO3/c1-13(2)19(22)23-12-11-20-16-9-5-3-7-14(16)18(21)15-8-4-6-10-17(15)20/h3-10H,1,11-12H2,2H3. The van der Waals surface area contributed by atoms with Crippen LogP contribution in [0.3, 0.4) is 0 Å². The van der Waals surface area contributed by atoms with E-state index in [2.05, 4.69) is 6.58 Å². The molecule has 2 aromatic carbocycles. The minimum Gasteiger partial charge on any atom is -0.460 e. The molecule has 0 fully saturated rings. The Morgan fingerprint density at radius 2 is 1.57 bits per heavy atom. The lowest BCUT2D eigenvalue weighted by Gasteiger charge is -2.15. The van der Waals surface area contributed by atoms with Crippen LogP contribution in [-0.2, 0) is 16.1 Å². The van der Waals surface area contributed by atoms with E-state index in [-0.39, 0.29) is 12.0 Å². The van der Waals surface area contributed by atoms with Crippen molar-refractivity contribution in [1.29, 1.82) is 0 Å². The number of esters is 1. The van der Waals surface area contributed by atoms with Gasteiger partial charge in [0.05, 0.1) is 17.6 Å². The first-order valence-corrected chi connectivity index (χ1v) is 7.42.